The van der Waals surface area contributed by atoms with E-state index in [-0.39, 0.29) is 34.7 Å². The molecule has 0 spiro atoms. The zero-order chi connectivity index (χ0) is 28.7. The smallest absolute Gasteiger partial charge is 0.241 e. The number of phenols is 1. The largest absolute Gasteiger partial charge is 0.508 e. The number of benzene rings is 2. The SMILES string of the molecule is CCCN1C(=O)C2CC=C3C(CC4C(=O)N(c5ccc(F)c(Cl)c5)C(=O)C4(C)C3c3cc(Cl)ccc3O)C2C1=O. The molecule has 6 unspecified atom stereocenters. The number of halogens is 3. The molecule has 7 nitrogen and oxygen atoms in total. The third kappa shape index (κ3) is 3.61. The Morgan fingerprint density at radius 1 is 1.02 bits per heavy atom. The molecule has 4 aliphatic rings. The Balaban J connectivity index is 1.53. The van der Waals surface area contributed by atoms with E-state index in [1.807, 2.05) is 13.0 Å². The molecule has 1 N–H and O–H groups in total. The molecule has 40 heavy (non-hydrogen) atoms. The van der Waals surface area contributed by atoms with E-state index in [9.17, 15) is 28.7 Å². The van der Waals surface area contributed by atoms with E-state index >= 15 is 0 Å². The number of hydrogen-bond acceptors (Lipinski definition) is 5. The maximum atomic E-state index is 14.3. The summed E-state index contributed by atoms with van der Waals surface area (Å²) in [7, 11) is 0. The standard InChI is InChI=1S/C30H27Cl2FN2O5/c1-3-10-34-26(37)17-7-6-16-18(24(17)28(34)39)13-20-27(38)35(15-5-8-22(33)21(32)12-15)29(40)30(20,2)25(16)19-11-14(31)4-9-23(19)36/h4-6,8-9,11-12,17-18,20,24-25,36H,3,7,10,13H2,1-2H3. The Bertz CT molecular complexity index is 1530. The average Bonchev–Trinajstić information content (AvgIpc) is 3.27. The number of fused-ring (bicyclic) bond motifs is 4. The van der Waals surface area contributed by atoms with E-state index in [0.29, 0.717) is 30.0 Å². The Morgan fingerprint density at radius 3 is 2.48 bits per heavy atom. The predicted octanol–water partition coefficient (Wildman–Crippen LogP) is 5.48. The minimum absolute atomic E-state index is 0.0944. The summed E-state index contributed by atoms with van der Waals surface area (Å²) >= 11 is 12.4. The van der Waals surface area contributed by atoms with Gasteiger partial charge in [-0.1, -0.05) is 41.8 Å². The number of likely N-dealkylation sites (tertiary alicyclic amines) is 1. The summed E-state index contributed by atoms with van der Waals surface area (Å²) in [5.41, 5.74) is -0.0968. The van der Waals surface area contributed by atoms with Gasteiger partial charge in [-0.05, 0) is 68.5 Å². The van der Waals surface area contributed by atoms with E-state index < -0.39 is 52.6 Å². The molecule has 10 heteroatoms. The van der Waals surface area contributed by atoms with Gasteiger partial charge in [0.1, 0.15) is 11.6 Å². The molecule has 0 radical (unpaired) electrons. The first-order valence-electron chi connectivity index (χ1n) is 13.4. The maximum Gasteiger partial charge on any atom is 0.241 e. The van der Waals surface area contributed by atoms with Crippen molar-refractivity contribution >= 4 is 52.5 Å². The number of hydrogen-bond donors (Lipinski definition) is 1. The number of carbonyl (C=O) groups is 4. The highest BCUT2D eigenvalue weighted by atomic mass is 35.5. The minimum Gasteiger partial charge on any atom is -0.508 e. The van der Waals surface area contributed by atoms with Gasteiger partial charge in [-0.25, -0.2) is 9.29 Å². The highest BCUT2D eigenvalue weighted by Crippen LogP contribution is 2.64. The zero-order valence-corrected chi connectivity index (χ0v) is 23.4. The lowest BCUT2D eigenvalue weighted by molar-refractivity contribution is -0.140. The Hall–Kier alpha value is -3.23. The van der Waals surface area contributed by atoms with Crippen molar-refractivity contribution in [1.29, 1.82) is 0 Å². The summed E-state index contributed by atoms with van der Waals surface area (Å²) in [5.74, 6) is -5.62. The summed E-state index contributed by atoms with van der Waals surface area (Å²) in [4.78, 5) is 57.6. The number of phenolic OH excluding ortho intramolecular Hbond substituents is 1. The lowest BCUT2D eigenvalue weighted by Crippen LogP contribution is -2.48. The minimum atomic E-state index is -1.36. The first-order valence-corrected chi connectivity index (χ1v) is 14.1. The van der Waals surface area contributed by atoms with Crippen LogP contribution in [0.2, 0.25) is 10.0 Å². The monoisotopic (exact) mass is 584 g/mol. The van der Waals surface area contributed by atoms with Gasteiger partial charge in [-0.3, -0.25) is 24.1 Å². The van der Waals surface area contributed by atoms with Crippen molar-refractivity contribution in [2.24, 2.45) is 29.1 Å². The van der Waals surface area contributed by atoms with Crippen LogP contribution in [0, 0.1) is 34.9 Å². The molecule has 3 fully saturated rings. The molecule has 6 rings (SSSR count). The fourth-order valence-electron chi connectivity index (χ4n) is 7.50. The summed E-state index contributed by atoms with van der Waals surface area (Å²) < 4.78 is 14.0. The molecule has 1 saturated carbocycles. The third-order valence-corrected chi connectivity index (χ3v) is 9.80. The normalized spacial score (nSPS) is 31.3. The second kappa shape index (κ2) is 9.42. The number of rotatable bonds is 4. The van der Waals surface area contributed by atoms with Gasteiger partial charge in [0.05, 0.1) is 33.9 Å². The van der Waals surface area contributed by atoms with Gasteiger partial charge in [0.15, 0.2) is 0 Å². The summed E-state index contributed by atoms with van der Waals surface area (Å²) in [5, 5.41) is 11.1. The van der Waals surface area contributed by atoms with Crippen molar-refractivity contribution < 1.29 is 28.7 Å². The van der Waals surface area contributed by atoms with Gasteiger partial charge in [-0.15, -0.1) is 0 Å². The van der Waals surface area contributed by atoms with Crippen LogP contribution >= 0.6 is 23.2 Å². The topological polar surface area (TPSA) is 95.0 Å². The molecule has 0 bridgehead atoms. The maximum absolute atomic E-state index is 14.3. The van der Waals surface area contributed by atoms with Crippen LogP contribution < -0.4 is 4.90 Å². The van der Waals surface area contributed by atoms with Crippen LogP contribution in [-0.4, -0.2) is 40.2 Å². The molecular formula is C30H27Cl2FN2O5. The van der Waals surface area contributed by atoms with Gasteiger partial charge in [0, 0.05) is 23.0 Å². The van der Waals surface area contributed by atoms with Crippen LogP contribution in [0.5, 0.6) is 5.75 Å². The van der Waals surface area contributed by atoms with Crippen molar-refractivity contribution in [2.75, 3.05) is 11.4 Å². The summed E-state index contributed by atoms with van der Waals surface area (Å²) in [6, 6.07) is 8.22. The van der Waals surface area contributed by atoms with Crippen molar-refractivity contribution in [3.8, 4) is 5.75 Å². The quantitative estimate of drug-likeness (QED) is 0.379. The second-order valence-electron chi connectivity index (χ2n) is 11.3. The molecule has 2 aliphatic carbocycles. The molecule has 2 aliphatic heterocycles. The summed E-state index contributed by atoms with van der Waals surface area (Å²) in [6.07, 6.45) is 3.04. The van der Waals surface area contributed by atoms with Gasteiger partial charge >= 0.3 is 0 Å². The van der Waals surface area contributed by atoms with E-state index in [1.165, 1.54) is 29.2 Å². The lowest BCUT2D eigenvalue weighted by Gasteiger charge is -2.49. The third-order valence-electron chi connectivity index (χ3n) is 9.28. The number of anilines is 1. The van der Waals surface area contributed by atoms with Crippen molar-refractivity contribution in [2.45, 2.75) is 39.0 Å². The highest BCUT2D eigenvalue weighted by Gasteiger charge is 2.67. The first kappa shape index (κ1) is 27.0. The number of carbonyl (C=O) groups excluding carboxylic acids is 4. The van der Waals surface area contributed by atoms with Crippen molar-refractivity contribution in [1.82, 2.24) is 4.90 Å². The Labute approximate surface area is 240 Å². The molecule has 2 heterocycles. The number of nitrogens with zero attached hydrogens (tertiary/aromatic N) is 2. The van der Waals surface area contributed by atoms with Crippen LogP contribution in [0.3, 0.4) is 0 Å². The zero-order valence-electron chi connectivity index (χ0n) is 21.9. The Kier molecular flexibility index (Phi) is 6.35. The fraction of sp³-hybridized carbons (Fsp3) is 0.400. The van der Waals surface area contributed by atoms with Crippen LogP contribution in [0.25, 0.3) is 0 Å². The molecule has 4 amide bonds. The number of allylic oxidation sites excluding steroid dienone is 2. The molecular weight excluding hydrogens is 558 g/mol. The number of aromatic hydroxyl groups is 1. The highest BCUT2D eigenvalue weighted by molar-refractivity contribution is 6.32. The van der Waals surface area contributed by atoms with Gasteiger partial charge in [0.25, 0.3) is 0 Å². The van der Waals surface area contributed by atoms with Crippen LogP contribution in [-0.2, 0) is 19.2 Å². The molecule has 2 saturated heterocycles. The molecule has 208 valence electrons. The van der Waals surface area contributed by atoms with E-state index in [4.69, 9.17) is 23.2 Å². The van der Waals surface area contributed by atoms with E-state index in [1.54, 1.807) is 13.0 Å². The predicted molar refractivity (Wildman–Crippen MR) is 146 cm³/mol. The van der Waals surface area contributed by atoms with Gasteiger partial charge < -0.3 is 5.11 Å². The van der Waals surface area contributed by atoms with Crippen LogP contribution in [0.15, 0.2) is 48.0 Å². The number of imide groups is 2. The second-order valence-corrected chi connectivity index (χ2v) is 12.1. The van der Waals surface area contributed by atoms with Crippen molar-refractivity contribution in [3.63, 3.8) is 0 Å². The van der Waals surface area contributed by atoms with E-state index in [0.717, 1.165) is 16.5 Å². The van der Waals surface area contributed by atoms with Gasteiger partial charge in [0.2, 0.25) is 23.6 Å². The first-order chi connectivity index (χ1) is 19.0. The van der Waals surface area contributed by atoms with Crippen LogP contribution in [0.1, 0.15) is 44.6 Å². The van der Waals surface area contributed by atoms with E-state index in [2.05, 4.69) is 0 Å². The molecule has 2 aromatic rings. The molecule has 2 aromatic carbocycles. The Morgan fingerprint density at radius 2 is 1.77 bits per heavy atom. The molecule has 0 aromatic heterocycles. The van der Waals surface area contributed by atoms with Gasteiger partial charge in [-0.2, -0.15) is 0 Å². The van der Waals surface area contributed by atoms with Crippen molar-refractivity contribution in [3.05, 3.63) is 69.5 Å². The van der Waals surface area contributed by atoms with Crippen LogP contribution in [0.4, 0.5) is 10.1 Å². The molecule has 6 atom stereocenters. The summed E-state index contributed by atoms with van der Waals surface area (Å²) in [6.45, 7) is 3.92. The fourth-order valence-corrected chi connectivity index (χ4v) is 7.85. The lowest BCUT2D eigenvalue weighted by atomic mass is 9.51. The average molecular weight is 585 g/mol. The number of amides is 4.